The summed E-state index contributed by atoms with van der Waals surface area (Å²) in [6.45, 7) is 0.788. The van der Waals surface area contributed by atoms with Crippen molar-refractivity contribution < 1.29 is 0 Å². The molecule has 0 amide bonds. The number of rotatable bonds is 4. The van der Waals surface area contributed by atoms with Gasteiger partial charge in [0, 0.05) is 18.1 Å². The number of halogens is 1. The summed E-state index contributed by atoms with van der Waals surface area (Å²) >= 11 is 5.85. The summed E-state index contributed by atoms with van der Waals surface area (Å²) in [4.78, 5) is 4.67. The van der Waals surface area contributed by atoms with Gasteiger partial charge in [0.2, 0.25) is 0 Å². The molecule has 0 bridgehead atoms. The standard InChI is InChI=1S/C16H17ClN2/c17-10-12-3-1-4-13(9-12)11-18-16-8-7-14-5-2-6-15(14)19-16/h1,3-4,7-9H,2,5-6,10-11H2,(H,18,19). The first kappa shape index (κ1) is 12.5. The van der Waals surface area contributed by atoms with E-state index < -0.39 is 0 Å². The Hall–Kier alpha value is -1.54. The maximum absolute atomic E-state index is 5.85. The van der Waals surface area contributed by atoms with Gasteiger partial charge in [-0.05, 0) is 42.0 Å². The van der Waals surface area contributed by atoms with E-state index in [0.29, 0.717) is 5.88 Å². The third-order valence-corrected chi connectivity index (χ3v) is 3.86. The molecular weight excluding hydrogens is 256 g/mol. The summed E-state index contributed by atoms with van der Waals surface area (Å²) in [7, 11) is 0. The summed E-state index contributed by atoms with van der Waals surface area (Å²) in [6.07, 6.45) is 3.54. The van der Waals surface area contributed by atoms with Crippen LogP contribution in [0.25, 0.3) is 0 Å². The number of anilines is 1. The Labute approximate surface area is 118 Å². The lowest BCUT2D eigenvalue weighted by molar-refractivity contribution is 0.899. The summed E-state index contributed by atoms with van der Waals surface area (Å²) in [5, 5.41) is 3.39. The molecule has 0 unspecified atom stereocenters. The highest BCUT2D eigenvalue weighted by atomic mass is 35.5. The molecule has 1 aromatic carbocycles. The highest BCUT2D eigenvalue weighted by molar-refractivity contribution is 6.17. The molecule has 1 aromatic heterocycles. The van der Waals surface area contributed by atoms with Gasteiger partial charge in [-0.3, -0.25) is 0 Å². The van der Waals surface area contributed by atoms with Crippen molar-refractivity contribution >= 4 is 17.4 Å². The monoisotopic (exact) mass is 272 g/mol. The molecule has 1 heterocycles. The van der Waals surface area contributed by atoms with Crippen LogP contribution in [0.3, 0.4) is 0 Å². The maximum atomic E-state index is 5.85. The van der Waals surface area contributed by atoms with Crippen LogP contribution in [-0.4, -0.2) is 4.98 Å². The molecule has 0 fully saturated rings. The summed E-state index contributed by atoms with van der Waals surface area (Å²) < 4.78 is 0. The molecule has 0 radical (unpaired) electrons. The van der Waals surface area contributed by atoms with Gasteiger partial charge in [0.25, 0.3) is 0 Å². The fourth-order valence-electron chi connectivity index (χ4n) is 2.53. The minimum Gasteiger partial charge on any atom is -0.366 e. The van der Waals surface area contributed by atoms with E-state index in [1.807, 2.05) is 12.1 Å². The molecule has 1 aliphatic rings. The predicted octanol–water partition coefficient (Wildman–Crippen LogP) is 3.92. The Morgan fingerprint density at radius 1 is 1.11 bits per heavy atom. The topological polar surface area (TPSA) is 24.9 Å². The van der Waals surface area contributed by atoms with Crippen molar-refractivity contribution in [2.24, 2.45) is 0 Å². The number of pyridine rings is 1. The second-order valence-corrected chi connectivity index (χ2v) is 5.23. The van der Waals surface area contributed by atoms with Crippen LogP contribution in [0.15, 0.2) is 36.4 Å². The number of aromatic nitrogens is 1. The predicted molar refractivity (Wildman–Crippen MR) is 79.6 cm³/mol. The lowest BCUT2D eigenvalue weighted by Crippen LogP contribution is -2.03. The van der Waals surface area contributed by atoms with Crippen LogP contribution in [0.5, 0.6) is 0 Å². The molecule has 0 atom stereocenters. The van der Waals surface area contributed by atoms with Crippen molar-refractivity contribution in [1.29, 1.82) is 0 Å². The van der Waals surface area contributed by atoms with Gasteiger partial charge >= 0.3 is 0 Å². The molecule has 3 rings (SSSR count). The molecule has 1 N–H and O–H groups in total. The highest BCUT2D eigenvalue weighted by Crippen LogP contribution is 2.21. The maximum Gasteiger partial charge on any atom is 0.126 e. The molecule has 19 heavy (non-hydrogen) atoms. The van der Waals surface area contributed by atoms with Crippen molar-refractivity contribution in [2.45, 2.75) is 31.7 Å². The Morgan fingerprint density at radius 2 is 2.00 bits per heavy atom. The quantitative estimate of drug-likeness (QED) is 0.854. The van der Waals surface area contributed by atoms with Crippen molar-refractivity contribution in [3.8, 4) is 0 Å². The smallest absolute Gasteiger partial charge is 0.126 e. The fraction of sp³-hybridized carbons (Fsp3) is 0.312. The average Bonchev–Trinajstić information content (AvgIpc) is 2.93. The number of alkyl halides is 1. The molecular formula is C16H17ClN2. The third kappa shape index (κ3) is 2.90. The number of nitrogens with one attached hydrogen (secondary N) is 1. The molecule has 2 aromatic rings. The Kier molecular flexibility index (Phi) is 3.69. The number of aryl methyl sites for hydroxylation is 2. The molecule has 0 spiro atoms. The second-order valence-electron chi connectivity index (χ2n) is 4.96. The Morgan fingerprint density at radius 3 is 2.89 bits per heavy atom. The lowest BCUT2D eigenvalue weighted by Gasteiger charge is -2.08. The SMILES string of the molecule is ClCc1cccc(CNc2ccc3c(n2)CCC3)c1. The summed E-state index contributed by atoms with van der Waals surface area (Å²) in [5.41, 5.74) is 5.07. The van der Waals surface area contributed by atoms with E-state index in [9.17, 15) is 0 Å². The van der Waals surface area contributed by atoms with Crippen molar-refractivity contribution in [2.75, 3.05) is 5.32 Å². The van der Waals surface area contributed by atoms with Crippen molar-refractivity contribution in [3.63, 3.8) is 0 Å². The number of hydrogen-bond donors (Lipinski definition) is 1. The highest BCUT2D eigenvalue weighted by Gasteiger charge is 2.12. The number of nitrogens with zero attached hydrogens (tertiary/aromatic N) is 1. The first-order valence-corrected chi connectivity index (χ1v) is 7.25. The molecule has 98 valence electrons. The molecule has 0 saturated carbocycles. The first-order valence-electron chi connectivity index (χ1n) is 6.71. The minimum atomic E-state index is 0.560. The third-order valence-electron chi connectivity index (χ3n) is 3.55. The molecule has 0 saturated heterocycles. The van der Waals surface area contributed by atoms with Crippen LogP contribution < -0.4 is 5.32 Å². The first-order chi connectivity index (χ1) is 9.35. The minimum absolute atomic E-state index is 0.560. The van der Waals surface area contributed by atoms with Gasteiger partial charge in [0.1, 0.15) is 5.82 Å². The van der Waals surface area contributed by atoms with Crippen LogP contribution in [-0.2, 0) is 25.3 Å². The largest absolute Gasteiger partial charge is 0.366 e. The molecule has 1 aliphatic carbocycles. The van der Waals surface area contributed by atoms with Crippen LogP contribution >= 0.6 is 11.6 Å². The summed E-state index contributed by atoms with van der Waals surface area (Å²) in [5.74, 6) is 1.53. The zero-order valence-electron chi connectivity index (χ0n) is 10.8. The van der Waals surface area contributed by atoms with E-state index in [1.165, 1.54) is 29.7 Å². The van der Waals surface area contributed by atoms with E-state index in [2.05, 4.69) is 34.6 Å². The van der Waals surface area contributed by atoms with Crippen LogP contribution in [0.2, 0.25) is 0 Å². The number of benzene rings is 1. The zero-order valence-corrected chi connectivity index (χ0v) is 11.6. The van der Waals surface area contributed by atoms with Gasteiger partial charge in [-0.15, -0.1) is 11.6 Å². The second kappa shape index (κ2) is 5.62. The number of fused-ring (bicyclic) bond motifs is 1. The van der Waals surface area contributed by atoms with E-state index in [4.69, 9.17) is 11.6 Å². The Bertz CT molecular complexity index is 581. The van der Waals surface area contributed by atoms with Gasteiger partial charge in [0.15, 0.2) is 0 Å². The van der Waals surface area contributed by atoms with Crippen LogP contribution in [0, 0.1) is 0 Å². The summed E-state index contributed by atoms with van der Waals surface area (Å²) in [6, 6.07) is 12.6. The van der Waals surface area contributed by atoms with Gasteiger partial charge < -0.3 is 5.32 Å². The molecule has 2 nitrogen and oxygen atoms in total. The average molecular weight is 273 g/mol. The lowest BCUT2D eigenvalue weighted by atomic mass is 10.1. The van der Waals surface area contributed by atoms with Gasteiger partial charge in [-0.2, -0.15) is 0 Å². The zero-order chi connectivity index (χ0) is 13.1. The van der Waals surface area contributed by atoms with Crippen LogP contribution in [0.4, 0.5) is 5.82 Å². The number of hydrogen-bond acceptors (Lipinski definition) is 2. The van der Waals surface area contributed by atoms with Crippen molar-refractivity contribution in [3.05, 3.63) is 58.8 Å². The van der Waals surface area contributed by atoms with Crippen LogP contribution in [0.1, 0.15) is 28.8 Å². The van der Waals surface area contributed by atoms with Gasteiger partial charge in [-0.25, -0.2) is 4.98 Å². The van der Waals surface area contributed by atoms with Gasteiger partial charge in [-0.1, -0.05) is 30.3 Å². The van der Waals surface area contributed by atoms with Crippen molar-refractivity contribution in [1.82, 2.24) is 4.98 Å². The van der Waals surface area contributed by atoms with E-state index in [-0.39, 0.29) is 0 Å². The van der Waals surface area contributed by atoms with E-state index >= 15 is 0 Å². The van der Waals surface area contributed by atoms with E-state index in [1.54, 1.807) is 0 Å². The molecule has 3 heteroatoms. The van der Waals surface area contributed by atoms with E-state index in [0.717, 1.165) is 24.3 Å². The fourth-order valence-corrected chi connectivity index (χ4v) is 2.70. The van der Waals surface area contributed by atoms with Gasteiger partial charge in [0.05, 0.1) is 0 Å². The normalized spacial score (nSPS) is 13.3. The molecule has 0 aliphatic heterocycles. The Balaban J connectivity index is 1.68.